The lowest BCUT2D eigenvalue weighted by molar-refractivity contribution is 0.000933. The van der Waals surface area contributed by atoms with Gasteiger partial charge in [-0.15, -0.1) is 0 Å². The number of rotatable bonds is 6. The standard InChI is InChI=1S/C18H27N3O2/c1-13-16(14(2)20-19-13)9-10-21(3)12-15-7-8-18(23-15)17-6-4-5-11-22-17/h7-8,17H,4-6,9-12H2,1-3H3,(H,19,20)/t17-/m1/s1. The maximum Gasteiger partial charge on any atom is 0.133 e. The van der Waals surface area contributed by atoms with Gasteiger partial charge >= 0.3 is 0 Å². The largest absolute Gasteiger partial charge is 0.462 e. The molecule has 1 aliphatic rings. The molecule has 3 rings (SSSR count). The highest BCUT2D eigenvalue weighted by Gasteiger charge is 2.19. The lowest BCUT2D eigenvalue weighted by Gasteiger charge is -2.20. The van der Waals surface area contributed by atoms with Crippen LogP contribution in [0.3, 0.4) is 0 Å². The molecular weight excluding hydrogens is 290 g/mol. The van der Waals surface area contributed by atoms with Gasteiger partial charge in [-0.1, -0.05) is 0 Å². The molecule has 0 aromatic carbocycles. The Morgan fingerprint density at radius 1 is 1.30 bits per heavy atom. The number of H-pyrrole nitrogens is 1. The van der Waals surface area contributed by atoms with E-state index in [1.54, 1.807) is 0 Å². The summed E-state index contributed by atoms with van der Waals surface area (Å²) in [6.45, 7) is 6.80. The van der Waals surface area contributed by atoms with Crippen LogP contribution in [0.4, 0.5) is 0 Å². The first-order chi connectivity index (χ1) is 11.1. The number of ether oxygens (including phenoxy) is 1. The Morgan fingerprint density at radius 2 is 2.17 bits per heavy atom. The highest BCUT2D eigenvalue weighted by Crippen LogP contribution is 2.29. The van der Waals surface area contributed by atoms with Gasteiger partial charge in [0.25, 0.3) is 0 Å². The molecule has 0 radical (unpaired) electrons. The first kappa shape index (κ1) is 16.3. The smallest absolute Gasteiger partial charge is 0.133 e. The number of furan rings is 1. The number of aromatic nitrogens is 2. The Balaban J connectivity index is 1.51. The van der Waals surface area contributed by atoms with Crippen molar-refractivity contribution < 1.29 is 9.15 Å². The van der Waals surface area contributed by atoms with Gasteiger partial charge in [0.1, 0.15) is 17.6 Å². The molecule has 5 heteroatoms. The third kappa shape index (κ3) is 4.03. The lowest BCUT2D eigenvalue weighted by atomic mass is 10.1. The van der Waals surface area contributed by atoms with Crippen molar-refractivity contribution in [3.05, 3.63) is 40.6 Å². The molecule has 23 heavy (non-hydrogen) atoms. The van der Waals surface area contributed by atoms with Crippen molar-refractivity contribution >= 4 is 0 Å². The summed E-state index contributed by atoms with van der Waals surface area (Å²) in [5.41, 5.74) is 3.60. The number of likely N-dealkylation sites (N-methyl/N-ethyl adjacent to an activating group) is 1. The molecule has 126 valence electrons. The van der Waals surface area contributed by atoms with Crippen molar-refractivity contribution in [3.63, 3.8) is 0 Å². The van der Waals surface area contributed by atoms with E-state index in [1.165, 1.54) is 24.1 Å². The average molecular weight is 317 g/mol. The zero-order valence-corrected chi connectivity index (χ0v) is 14.4. The van der Waals surface area contributed by atoms with Crippen LogP contribution in [0.1, 0.15) is 53.8 Å². The number of hydrogen-bond acceptors (Lipinski definition) is 4. The molecule has 0 bridgehead atoms. The van der Waals surface area contributed by atoms with E-state index < -0.39 is 0 Å². The topological polar surface area (TPSA) is 54.3 Å². The van der Waals surface area contributed by atoms with Crippen LogP contribution in [0.5, 0.6) is 0 Å². The van der Waals surface area contributed by atoms with Crippen LogP contribution >= 0.6 is 0 Å². The molecule has 0 aliphatic carbocycles. The summed E-state index contributed by atoms with van der Waals surface area (Å²) in [4.78, 5) is 2.29. The molecule has 3 heterocycles. The van der Waals surface area contributed by atoms with Gasteiger partial charge < -0.3 is 9.15 Å². The highest BCUT2D eigenvalue weighted by atomic mass is 16.5. The van der Waals surface area contributed by atoms with Gasteiger partial charge in [-0.3, -0.25) is 10.00 Å². The maximum absolute atomic E-state index is 5.99. The first-order valence-corrected chi connectivity index (χ1v) is 8.52. The summed E-state index contributed by atoms with van der Waals surface area (Å²) < 4.78 is 11.8. The van der Waals surface area contributed by atoms with Crippen LogP contribution in [-0.2, 0) is 17.7 Å². The number of aromatic amines is 1. The van der Waals surface area contributed by atoms with Crippen LogP contribution in [0.25, 0.3) is 0 Å². The quantitative estimate of drug-likeness (QED) is 0.885. The molecule has 0 spiro atoms. The Hall–Kier alpha value is -1.59. The van der Waals surface area contributed by atoms with Gasteiger partial charge in [-0.2, -0.15) is 5.10 Å². The Bertz CT molecular complexity index is 607. The van der Waals surface area contributed by atoms with Crippen LogP contribution in [0.15, 0.2) is 16.5 Å². The molecule has 0 unspecified atom stereocenters. The normalized spacial score (nSPS) is 18.7. The third-order valence-electron chi connectivity index (χ3n) is 4.63. The van der Waals surface area contributed by atoms with E-state index in [0.717, 1.165) is 49.8 Å². The predicted molar refractivity (Wildman–Crippen MR) is 89.4 cm³/mol. The molecule has 1 N–H and O–H groups in total. The summed E-state index contributed by atoms with van der Waals surface area (Å²) >= 11 is 0. The van der Waals surface area contributed by atoms with E-state index in [-0.39, 0.29) is 6.10 Å². The number of hydrogen-bond donors (Lipinski definition) is 1. The fourth-order valence-electron chi connectivity index (χ4n) is 3.21. The molecule has 0 saturated carbocycles. The maximum atomic E-state index is 5.99. The molecule has 2 aromatic heterocycles. The molecule has 1 saturated heterocycles. The fraction of sp³-hybridized carbons (Fsp3) is 0.611. The van der Waals surface area contributed by atoms with E-state index in [1.807, 2.05) is 0 Å². The summed E-state index contributed by atoms with van der Waals surface area (Å²) in [6, 6.07) is 4.15. The zero-order valence-electron chi connectivity index (χ0n) is 14.4. The minimum atomic E-state index is 0.152. The predicted octanol–water partition coefficient (Wildman–Crippen LogP) is 3.54. The number of nitrogens with zero attached hydrogens (tertiary/aromatic N) is 2. The Labute approximate surface area is 138 Å². The van der Waals surface area contributed by atoms with Crippen molar-refractivity contribution in [2.24, 2.45) is 0 Å². The molecular formula is C18H27N3O2. The summed E-state index contributed by atoms with van der Waals surface area (Å²) in [6.07, 6.45) is 4.62. The van der Waals surface area contributed by atoms with Gasteiger partial charge in [-0.25, -0.2) is 0 Å². The van der Waals surface area contributed by atoms with Gasteiger partial charge in [0.15, 0.2) is 0 Å². The molecule has 1 fully saturated rings. The summed E-state index contributed by atoms with van der Waals surface area (Å²) in [7, 11) is 2.13. The van der Waals surface area contributed by atoms with Crippen molar-refractivity contribution in [1.29, 1.82) is 0 Å². The van der Waals surface area contributed by atoms with Gasteiger partial charge in [-0.05, 0) is 64.3 Å². The Morgan fingerprint density at radius 3 is 2.87 bits per heavy atom. The van der Waals surface area contributed by atoms with Crippen molar-refractivity contribution in [1.82, 2.24) is 15.1 Å². The molecule has 2 aromatic rings. The number of aryl methyl sites for hydroxylation is 2. The van der Waals surface area contributed by atoms with E-state index in [4.69, 9.17) is 9.15 Å². The van der Waals surface area contributed by atoms with Crippen LogP contribution in [-0.4, -0.2) is 35.3 Å². The fourth-order valence-corrected chi connectivity index (χ4v) is 3.21. The van der Waals surface area contributed by atoms with Crippen LogP contribution < -0.4 is 0 Å². The van der Waals surface area contributed by atoms with Crippen molar-refractivity contribution in [2.45, 2.75) is 52.2 Å². The number of nitrogens with one attached hydrogen (secondary N) is 1. The molecule has 1 aliphatic heterocycles. The highest BCUT2D eigenvalue weighted by molar-refractivity contribution is 5.23. The second-order valence-electron chi connectivity index (χ2n) is 6.56. The second kappa shape index (κ2) is 7.32. The van der Waals surface area contributed by atoms with E-state index >= 15 is 0 Å². The van der Waals surface area contributed by atoms with Crippen LogP contribution in [0.2, 0.25) is 0 Å². The first-order valence-electron chi connectivity index (χ1n) is 8.52. The van der Waals surface area contributed by atoms with Gasteiger partial charge in [0, 0.05) is 18.8 Å². The zero-order chi connectivity index (χ0) is 16.2. The third-order valence-corrected chi connectivity index (χ3v) is 4.63. The summed E-state index contributed by atoms with van der Waals surface area (Å²) in [5, 5.41) is 7.31. The van der Waals surface area contributed by atoms with Crippen molar-refractivity contribution in [3.8, 4) is 0 Å². The van der Waals surface area contributed by atoms with Gasteiger partial charge in [0.05, 0.1) is 12.2 Å². The van der Waals surface area contributed by atoms with E-state index in [0.29, 0.717) is 0 Å². The minimum Gasteiger partial charge on any atom is -0.462 e. The van der Waals surface area contributed by atoms with E-state index in [2.05, 4.69) is 48.1 Å². The average Bonchev–Trinajstić information content (AvgIpc) is 3.14. The van der Waals surface area contributed by atoms with E-state index in [9.17, 15) is 0 Å². The second-order valence-corrected chi connectivity index (χ2v) is 6.56. The SMILES string of the molecule is Cc1n[nH]c(C)c1CCN(C)Cc1ccc([C@H]2CCCCO2)o1. The van der Waals surface area contributed by atoms with Gasteiger partial charge in [0.2, 0.25) is 0 Å². The Kier molecular flexibility index (Phi) is 5.18. The monoisotopic (exact) mass is 317 g/mol. The molecule has 0 amide bonds. The minimum absolute atomic E-state index is 0.152. The summed E-state index contributed by atoms with van der Waals surface area (Å²) in [5.74, 6) is 1.99. The van der Waals surface area contributed by atoms with Crippen LogP contribution in [0, 0.1) is 13.8 Å². The van der Waals surface area contributed by atoms with Crippen molar-refractivity contribution in [2.75, 3.05) is 20.2 Å². The lowest BCUT2D eigenvalue weighted by Crippen LogP contribution is -2.20. The molecule has 5 nitrogen and oxygen atoms in total. The molecule has 1 atom stereocenters.